The van der Waals surface area contributed by atoms with Crippen LogP contribution in [0.2, 0.25) is 0 Å². The van der Waals surface area contributed by atoms with Crippen LogP contribution in [0.3, 0.4) is 0 Å². The van der Waals surface area contributed by atoms with Crippen LogP contribution < -0.4 is 5.32 Å². The quantitative estimate of drug-likeness (QED) is 0.796. The van der Waals surface area contributed by atoms with Crippen molar-refractivity contribution < 1.29 is 14.3 Å². The number of aryl methyl sites for hydroxylation is 2. The Morgan fingerprint density at radius 3 is 2.28 bits per heavy atom. The van der Waals surface area contributed by atoms with E-state index in [1.807, 2.05) is 27.7 Å². The first kappa shape index (κ1) is 21.1. The molecule has 7 nitrogen and oxygen atoms in total. The van der Waals surface area contributed by atoms with Gasteiger partial charge in [0, 0.05) is 6.54 Å². The molecule has 0 aliphatic rings. The van der Waals surface area contributed by atoms with Gasteiger partial charge in [0.15, 0.2) is 0 Å². The van der Waals surface area contributed by atoms with Crippen molar-refractivity contribution in [3.8, 4) is 0 Å². The van der Waals surface area contributed by atoms with Gasteiger partial charge < -0.3 is 10.1 Å². The highest BCUT2D eigenvalue weighted by molar-refractivity contribution is 5.96. The van der Waals surface area contributed by atoms with E-state index in [4.69, 9.17) is 4.74 Å². The Balaban J connectivity index is 2.96. The van der Waals surface area contributed by atoms with E-state index in [1.54, 1.807) is 6.92 Å². The zero-order valence-electron chi connectivity index (χ0n) is 16.8. The van der Waals surface area contributed by atoms with Crippen molar-refractivity contribution >= 4 is 11.9 Å². The summed E-state index contributed by atoms with van der Waals surface area (Å²) >= 11 is 0. The van der Waals surface area contributed by atoms with Crippen LogP contribution >= 0.6 is 0 Å². The molecule has 7 heteroatoms. The SMILES string of the molecule is CCn1nnc(C)c1C(=O)NC(CCC(C)(C)C)C(=O)OC(C)(C)C. The van der Waals surface area contributed by atoms with Crippen LogP contribution in [-0.4, -0.2) is 38.5 Å². The predicted molar refractivity (Wildman–Crippen MR) is 96.2 cm³/mol. The van der Waals surface area contributed by atoms with Gasteiger partial charge in [0.05, 0.1) is 5.69 Å². The van der Waals surface area contributed by atoms with Crippen molar-refractivity contribution in [3.05, 3.63) is 11.4 Å². The van der Waals surface area contributed by atoms with Crippen LogP contribution in [0.4, 0.5) is 0 Å². The maximum absolute atomic E-state index is 12.7. The van der Waals surface area contributed by atoms with Crippen molar-refractivity contribution in [3.63, 3.8) is 0 Å². The molecule has 0 aliphatic carbocycles. The van der Waals surface area contributed by atoms with Gasteiger partial charge in [-0.2, -0.15) is 0 Å². The Labute approximate surface area is 150 Å². The highest BCUT2D eigenvalue weighted by atomic mass is 16.6. The van der Waals surface area contributed by atoms with Gasteiger partial charge in [-0.05, 0) is 52.9 Å². The second-order valence-electron chi connectivity index (χ2n) is 8.50. The molecule has 142 valence electrons. The molecule has 0 spiro atoms. The average molecular weight is 352 g/mol. The summed E-state index contributed by atoms with van der Waals surface area (Å²) in [5.41, 5.74) is 0.364. The lowest BCUT2D eigenvalue weighted by atomic mass is 9.88. The van der Waals surface area contributed by atoms with E-state index in [0.717, 1.165) is 6.42 Å². The average Bonchev–Trinajstić information content (AvgIpc) is 2.81. The third kappa shape index (κ3) is 6.84. The largest absolute Gasteiger partial charge is 0.458 e. The molecule has 0 radical (unpaired) electrons. The number of nitrogens with zero attached hydrogens (tertiary/aromatic N) is 3. The number of hydrogen-bond acceptors (Lipinski definition) is 5. The Bertz CT molecular complexity index is 609. The maximum Gasteiger partial charge on any atom is 0.329 e. The summed E-state index contributed by atoms with van der Waals surface area (Å²) in [7, 11) is 0. The zero-order chi connectivity index (χ0) is 19.4. The first-order valence-electron chi connectivity index (χ1n) is 8.78. The lowest BCUT2D eigenvalue weighted by Gasteiger charge is -2.26. The van der Waals surface area contributed by atoms with Gasteiger partial charge in [-0.15, -0.1) is 5.10 Å². The van der Waals surface area contributed by atoms with Crippen LogP contribution in [0.1, 0.15) is 77.5 Å². The molecular formula is C18H32N4O3. The molecule has 1 rings (SSSR count). The molecule has 1 N–H and O–H groups in total. The van der Waals surface area contributed by atoms with E-state index in [0.29, 0.717) is 24.4 Å². The number of ether oxygens (including phenoxy) is 1. The molecule has 1 atom stereocenters. The Morgan fingerprint density at radius 1 is 1.20 bits per heavy atom. The molecule has 1 aromatic rings. The first-order chi connectivity index (χ1) is 11.3. The summed E-state index contributed by atoms with van der Waals surface area (Å²) in [4.78, 5) is 25.2. The summed E-state index contributed by atoms with van der Waals surface area (Å²) < 4.78 is 7.01. The van der Waals surface area contributed by atoms with E-state index in [2.05, 4.69) is 36.4 Å². The van der Waals surface area contributed by atoms with Gasteiger partial charge in [-0.1, -0.05) is 26.0 Å². The molecule has 0 bridgehead atoms. The number of aromatic nitrogens is 3. The Hall–Kier alpha value is -1.92. The maximum atomic E-state index is 12.7. The van der Waals surface area contributed by atoms with E-state index in [9.17, 15) is 9.59 Å². The number of nitrogens with one attached hydrogen (secondary N) is 1. The van der Waals surface area contributed by atoms with Gasteiger partial charge in [0.2, 0.25) is 0 Å². The lowest BCUT2D eigenvalue weighted by molar-refractivity contribution is -0.157. The topological polar surface area (TPSA) is 86.1 Å². The molecule has 0 aromatic carbocycles. The molecule has 1 amide bonds. The molecule has 0 saturated carbocycles. The monoisotopic (exact) mass is 352 g/mol. The van der Waals surface area contributed by atoms with Crippen molar-refractivity contribution in [1.29, 1.82) is 0 Å². The second kappa shape index (κ2) is 7.97. The summed E-state index contributed by atoms with van der Waals surface area (Å²) in [6.45, 7) is 15.9. The number of hydrogen-bond donors (Lipinski definition) is 1. The zero-order valence-corrected chi connectivity index (χ0v) is 16.8. The summed E-state index contributed by atoms with van der Waals surface area (Å²) in [6.07, 6.45) is 1.29. The summed E-state index contributed by atoms with van der Waals surface area (Å²) in [5, 5.41) is 10.7. The molecule has 1 aromatic heterocycles. The lowest BCUT2D eigenvalue weighted by Crippen LogP contribution is -2.45. The van der Waals surface area contributed by atoms with Crippen molar-refractivity contribution in [1.82, 2.24) is 20.3 Å². The summed E-state index contributed by atoms with van der Waals surface area (Å²) in [6, 6.07) is -0.703. The minimum absolute atomic E-state index is 0.0493. The molecule has 1 heterocycles. The van der Waals surface area contributed by atoms with Crippen molar-refractivity contribution in [2.24, 2.45) is 5.41 Å². The Morgan fingerprint density at radius 2 is 1.80 bits per heavy atom. The van der Waals surface area contributed by atoms with Gasteiger partial charge in [0.25, 0.3) is 5.91 Å². The second-order valence-corrected chi connectivity index (χ2v) is 8.50. The smallest absolute Gasteiger partial charge is 0.329 e. The van der Waals surface area contributed by atoms with Crippen LogP contribution in [0.5, 0.6) is 0 Å². The Kier molecular flexibility index (Phi) is 6.74. The highest BCUT2D eigenvalue weighted by Gasteiger charge is 2.29. The van der Waals surface area contributed by atoms with Crippen molar-refractivity contribution in [2.45, 2.75) is 86.4 Å². The van der Waals surface area contributed by atoms with E-state index < -0.39 is 17.6 Å². The number of rotatable bonds is 6. The van der Waals surface area contributed by atoms with Crippen molar-refractivity contribution in [2.75, 3.05) is 0 Å². The third-order valence-electron chi connectivity index (χ3n) is 3.60. The molecule has 0 aliphatic heterocycles. The number of carbonyl (C=O) groups is 2. The predicted octanol–water partition coefficient (Wildman–Crippen LogP) is 2.87. The molecule has 0 fully saturated rings. The fourth-order valence-corrected chi connectivity index (χ4v) is 2.33. The molecule has 0 saturated heterocycles. The van der Waals surface area contributed by atoms with Crippen LogP contribution in [-0.2, 0) is 16.1 Å². The van der Waals surface area contributed by atoms with Gasteiger partial charge in [-0.25, -0.2) is 9.48 Å². The van der Waals surface area contributed by atoms with Crippen LogP contribution in [0, 0.1) is 12.3 Å². The minimum atomic E-state index is -0.703. The molecule has 1 unspecified atom stereocenters. The van der Waals surface area contributed by atoms with Crippen LogP contribution in [0.15, 0.2) is 0 Å². The fourth-order valence-electron chi connectivity index (χ4n) is 2.33. The summed E-state index contributed by atoms with van der Waals surface area (Å²) in [5.74, 6) is -0.771. The standard InChI is InChI=1S/C18H32N4O3/c1-9-22-14(12(2)20-21-22)15(23)19-13(10-11-17(3,4)5)16(24)25-18(6,7)8/h13H,9-11H2,1-8H3,(H,19,23). The van der Waals surface area contributed by atoms with Gasteiger partial charge >= 0.3 is 5.97 Å². The van der Waals surface area contributed by atoms with E-state index in [-0.39, 0.29) is 11.3 Å². The fraction of sp³-hybridized carbons (Fsp3) is 0.778. The van der Waals surface area contributed by atoms with Crippen LogP contribution in [0.25, 0.3) is 0 Å². The van der Waals surface area contributed by atoms with E-state index in [1.165, 1.54) is 4.68 Å². The molecule has 25 heavy (non-hydrogen) atoms. The highest BCUT2D eigenvalue weighted by Crippen LogP contribution is 2.23. The van der Waals surface area contributed by atoms with E-state index >= 15 is 0 Å². The molecular weight excluding hydrogens is 320 g/mol. The third-order valence-corrected chi connectivity index (χ3v) is 3.60. The number of carbonyl (C=O) groups excluding carboxylic acids is 2. The van der Waals surface area contributed by atoms with Gasteiger partial charge in [0.1, 0.15) is 17.3 Å². The van der Waals surface area contributed by atoms with Gasteiger partial charge in [-0.3, -0.25) is 4.79 Å². The normalized spacial score (nSPS) is 13.4. The first-order valence-corrected chi connectivity index (χ1v) is 8.78. The number of esters is 1. The minimum Gasteiger partial charge on any atom is -0.458 e. The number of amides is 1.